The molecule has 1 aliphatic rings. The summed E-state index contributed by atoms with van der Waals surface area (Å²) in [6.07, 6.45) is 1.20. The Morgan fingerprint density at radius 2 is 2.08 bits per heavy atom. The molecule has 3 rings (SSSR count). The first-order valence-corrected chi connectivity index (χ1v) is 8.44. The highest BCUT2D eigenvalue weighted by Crippen LogP contribution is 2.15. The van der Waals surface area contributed by atoms with Crippen LogP contribution in [0.1, 0.15) is 5.56 Å². The predicted octanol–water partition coefficient (Wildman–Crippen LogP) is 1.99. The number of rotatable bonds is 5. The number of hydrogen-bond acceptors (Lipinski definition) is 5. The van der Waals surface area contributed by atoms with E-state index in [1.165, 1.54) is 5.56 Å². The van der Waals surface area contributed by atoms with E-state index in [4.69, 9.17) is 4.74 Å². The highest BCUT2D eigenvalue weighted by atomic mass is 16.5. The number of nitrogens with one attached hydrogen (secondary N) is 1. The van der Waals surface area contributed by atoms with Gasteiger partial charge in [-0.1, -0.05) is 30.3 Å². The zero-order valence-electron chi connectivity index (χ0n) is 14.7. The minimum atomic E-state index is -0.467. The highest BCUT2D eigenvalue weighted by Gasteiger charge is 2.26. The Morgan fingerprint density at radius 3 is 2.76 bits per heavy atom. The van der Waals surface area contributed by atoms with Crippen LogP contribution in [-0.2, 0) is 16.1 Å². The molecule has 132 valence electrons. The van der Waals surface area contributed by atoms with Gasteiger partial charge in [0.1, 0.15) is 11.9 Å². The first kappa shape index (κ1) is 17.4. The van der Waals surface area contributed by atoms with Crippen molar-refractivity contribution in [2.45, 2.75) is 12.6 Å². The molecular weight excluding hydrogens is 316 g/mol. The van der Waals surface area contributed by atoms with Crippen molar-refractivity contribution in [2.24, 2.45) is 0 Å². The van der Waals surface area contributed by atoms with Crippen LogP contribution in [0.4, 0.5) is 11.5 Å². The first-order chi connectivity index (χ1) is 12.1. The maximum atomic E-state index is 12.5. The lowest BCUT2D eigenvalue weighted by Crippen LogP contribution is -2.47. The summed E-state index contributed by atoms with van der Waals surface area (Å²) in [5.41, 5.74) is 1.92. The van der Waals surface area contributed by atoms with E-state index in [1.807, 2.05) is 49.3 Å². The van der Waals surface area contributed by atoms with Crippen LogP contribution in [0.2, 0.25) is 0 Å². The van der Waals surface area contributed by atoms with Gasteiger partial charge in [-0.05, 0) is 17.7 Å². The van der Waals surface area contributed by atoms with Crippen LogP contribution < -0.4 is 10.2 Å². The normalized spacial score (nSPS) is 17.9. The number of anilines is 2. The molecule has 0 radical (unpaired) electrons. The van der Waals surface area contributed by atoms with Crippen LogP contribution in [0.5, 0.6) is 0 Å². The summed E-state index contributed by atoms with van der Waals surface area (Å²) in [4.78, 5) is 21.0. The summed E-state index contributed by atoms with van der Waals surface area (Å²) in [7, 11) is 3.86. The van der Waals surface area contributed by atoms with Gasteiger partial charge in [0.2, 0.25) is 0 Å². The van der Waals surface area contributed by atoms with E-state index < -0.39 is 6.10 Å². The van der Waals surface area contributed by atoms with Gasteiger partial charge in [-0.2, -0.15) is 0 Å². The number of amides is 1. The molecule has 0 saturated carbocycles. The van der Waals surface area contributed by atoms with Crippen molar-refractivity contribution >= 4 is 17.4 Å². The van der Waals surface area contributed by atoms with Crippen molar-refractivity contribution in [2.75, 3.05) is 44.0 Å². The Kier molecular flexibility index (Phi) is 5.63. The van der Waals surface area contributed by atoms with E-state index in [2.05, 4.69) is 27.3 Å². The molecule has 1 fully saturated rings. The molecule has 0 spiro atoms. The average molecular weight is 340 g/mol. The first-order valence-electron chi connectivity index (χ1n) is 8.44. The van der Waals surface area contributed by atoms with Gasteiger partial charge in [0.25, 0.3) is 5.91 Å². The molecule has 0 bridgehead atoms. The topological polar surface area (TPSA) is 57.7 Å². The summed E-state index contributed by atoms with van der Waals surface area (Å²) < 4.78 is 5.66. The highest BCUT2D eigenvalue weighted by molar-refractivity contribution is 5.94. The third-order valence-corrected chi connectivity index (χ3v) is 4.17. The average Bonchev–Trinajstić information content (AvgIpc) is 2.63. The van der Waals surface area contributed by atoms with Crippen LogP contribution in [0.3, 0.4) is 0 Å². The van der Waals surface area contributed by atoms with Crippen LogP contribution in [-0.4, -0.2) is 55.7 Å². The van der Waals surface area contributed by atoms with E-state index in [0.29, 0.717) is 18.8 Å². The number of carbonyl (C=O) groups is 1. The van der Waals surface area contributed by atoms with E-state index in [1.54, 1.807) is 6.20 Å². The molecule has 1 unspecified atom stereocenters. The number of nitrogens with zero attached hydrogens (tertiary/aromatic N) is 3. The number of hydrogen-bond donors (Lipinski definition) is 1. The molecule has 25 heavy (non-hydrogen) atoms. The Hall–Kier alpha value is -2.44. The summed E-state index contributed by atoms with van der Waals surface area (Å²) in [6.45, 7) is 2.80. The lowest BCUT2D eigenvalue weighted by atomic mass is 10.2. The summed E-state index contributed by atoms with van der Waals surface area (Å²) in [6, 6.07) is 14.0. The minimum Gasteiger partial charge on any atom is -0.366 e. The molecule has 1 aromatic carbocycles. The van der Waals surface area contributed by atoms with Crippen LogP contribution >= 0.6 is 0 Å². The summed E-state index contributed by atoms with van der Waals surface area (Å²) in [5, 5.41) is 2.89. The van der Waals surface area contributed by atoms with Crippen molar-refractivity contribution in [1.82, 2.24) is 9.88 Å². The SMILES string of the molecule is CN(C)c1ccc(NC(=O)C2CN(Cc3ccccc3)CCO2)cn1. The van der Waals surface area contributed by atoms with E-state index in [0.717, 1.165) is 18.9 Å². The lowest BCUT2D eigenvalue weighted by molar-refractivity contribution is -0.133. The van der Waals surface area contributed by atoms with Gasteiger partial charge in [0, 0.05) is 33.7 Å². The number of aromatic nitrogens is 1. The second-order valence-corrected chi connectivity index (χ2v) is 6.37. The summed E-state index contributed by atoms with van der Waals surface area (Å²) >= 11 is 0. The second-order valence-electron chi connectivity index (χ2n) is 6.37. The van der Waals surface area contributed by atoms with Gasteiger partial charge in [-0.15, -0.1) is 0 Å². The fourth-order valence-electron chi connectivity index (χ4n) is 2.79. The molecule has 1 aromatic heterocycles. The van der Waals surface area contributed by atoms with Gasteiger partial charge < -0.3 is 15.0 Å². The maximum Gasteiger partial charge on any atom is 0.254 e. The van der Waals surface area contributed by atoms with Crippen molar-refractivity contribution in [3.63, 3.8) is 0 Å². The van der Waals surface area contributed by atoms with Gasteiger partial charge in [-0.3, -0.25) is 9.69 Å². The fourth-order valence-corrected chi connectivity index (χ4v) is 2.79. The zero-order chi connectivity index (χ0) is 17.6. The molecule has 1 aliphatic heterocycles. The smallest absolute Gasteiger partial charge is 0.254 e. The predicted molar refractivity (Wildman–Crippen MR) is 98.7 cm³/mol. The van der Waals surface area contributed by atoms with E-state index in [-0.39, 0.29) is 5.91 Å². The third-order valence-electron chi connectivity index (χ3n) is 4.17. The van der Waals surface area contributed by atoms with Gasteiger partial charge >= 0.3 is 0 Å². The summed E-state index contributed by atoms with van der Waals surface area (Å²) in [5.74, 6) is 0.720. The largest absolute Gasteiger partial charge is 0.366 e. The number of carbonyl (C=O) groups excluding carboxylic acids is 1. The van der Waals surface area contributed by atoms with E-state index in [9.17, 15) is 4.79 Å². The molecule has 2 heterocycles. The Labute approximate surface area is 148 Å². The van der Waals surface area contributed by atoms with Crippen molar-refractivity contribution in [3.8, 4) is 0 Å². The molecule has 6 nitrogen and oxygen atoms in total. The molecule has 2 aromatic rings. The van der Waals surface area contributed by atoms with Crippen molar-refractivity contribution < 1.29 is 9.53 Å². The zero-order valence-corrected chi connectivity index (χ0v) is 14.7. The number of pyridine rings is 1. The van der Waals surface area contributed by atoms with Gasteiger partial charge in [0.15, 0.2) is 0 Å². The molecule has 1 amide bonds. The maximum absolute atomic E-state index is 12.5. The minimum absolute atomic E-state index is 0.128. The molecule has 1 saturated heterocycles. The van der Waals surface area contributed by atoms with Gasteiger partial charge in [0.05, 0.1) is 18.5 Å². The monoisotopic (exact) mass is 340 g/mol. The van der Waals surface area contributed by atoms with Crippen molar-refractivity contribution in [1.29, 1.82) is 0 Å². The molecular formula is C19H24N4O2. The third kappa shape index (κ3) is 4.78. The second kappa shape index (κ2) is 8.09. The molecule has 1 atom stereocenters. The van der Waals surface area contributed by atoms with Crippen molar-refractivity contribution in [3.05, 3.63) is 54.2 Å². The number of ether oxygens (including phenoxy) is 1. The Balaban J connectivity index is 1.56. The number of morpholine rings is 1. The van der Waals surface area contributed by atoms with Crippen LogP contribution in [0.25, 0.3) is 0 Å². The molecule has 1 N–H and O–H groups in total. The molecule has 6 heteroatoms. The quantitative estimate of drug-likeness (QED) is 0.902. The Morgan fingerprint density at radius 1 is 1.28 bits per heavy atom. The standard InChI is InChI=1S/C19H24N4O2/c1-22(2)18-9-8-16(12-20-18)21-19(24)17-14-23(10-11-25-17)13-15-6-4-3-5-7-15/h3-9,12,17H,10-11,13-14H2,1-2H3,(H,21,24). The fraction of sp³-hybridized carbons (Fsp3) is 0.368. The molecule has 0 aliphatic carbocycles. The van der Waals surface area contributed by atoms with Gasteiger partial charge in [-0.25, -0.2) is 4.98 Å². The Bertz CT molecular complexity index is 688. The van der Waals surface area contributed by atoms with E-state index >= 15 is 0 Å². The lowest BCUT2D eigenvalue weighted by Gasteiger charge is -2.32. The van der Waals surface area contributed by atoms with Crippen LogP contribution in [0.15, 0.2) is 48.7 Å². The van der Waals surface area contributed by atoms with Crippen LogP contribution in [0, 0.1) is 0 Å². The number of benzene rings is 1.